The molecule has 138 valence electrons. The zero-order chi connectivity index (χ0) is 18.1. The molecule has 6 nitrogen and oxygen atoms in total. The third-order valence-electron chi connectivity index (χ3n) is 4.26. The van der Waals surface area contributed by atoms with Gasteiger partial charge in [0.25, 0.3) is 0 Å². The molecule has 1 amide bonds. The molecule has 2 aromatic rings. The van der Waals surface area contributed by atoms with Gasteiger partial charge in [0.15, 0.2) is 0 Å². The van der Waals surface area contributed by atoms with Crippen LogP contribution in [-0.2, 0) is 11.2 Å². The Morgan fingerprint density at radius 2 is 2.00 bits per heavy atom. The molecular weight excluding hydrogens is 334 g/mol. The molecule has 0 fully saturated rings. The Balaban J connectivity index is 1.72. The number of anilines is 1. The minimum atomic E-state index is 0.000506. The molecular formula is C18H29N5OS. The van der Waals surface area contributed by atoms with E-state index in [2.05, 4.69) is 52.3 Å². The molecule has 0 aromatic carbocycles. The van der Waals surface area contributed by atoms with Crippen molar-refractivity contribution >= 4 is 33.3 Å². The fraction of sp³-hybridized carbons (Fsp3) is 0.611. The van der Waals surface area contributed by atoms with Crippen molar-refractivity contribution in [2.75, 3.05) is 38.0 Å². The van der Waals surface area contributed by atoms with Crippen LogP contribution in [-0.4, -0.2) is 53.5 Å². The second kappa shape index (κ2) is 10.3. The SMILES string of the molecule is CCc1cc2c(NCC(=O)NCCCCN(CC)CC)ncnc2s1. The molecule has 0 unspecified atom stereocenters. The van der Waals surface area contributed by atoms with Gasteiger partial charge in [-0.15, -0.1) is 11.3 Å². The molecule has 0 aliphatic carbocycles. The molecule has 2 N–H and O–H groups in total. The number of hydrogen-bond acceptors (Lipinski definition) is 6. The molecule has 0 aliphatic rings. The van der Waals surface area contributed by atoms with E-state index in [-0.39, 0.29) is 12.5 Å². The van der Waals surface area contributed by atoms with E-state index in [1.54, 1.807) is 17.7 Å². The van der Waals surface area contributed by atoms with Crippen molar-refractivity contribution in [1.82, 2.24) is 20.2 Å². The minimum Gasteiger partial charge on any atom is -0.360 e. The second-order valence-electron chi connectivity index (χ2n) is 5.94. The number of hydrogen-bond donors (Lipinski definition) is 2. The summed E-state index contributed by atoms with van der Waals surface area (Å²) in [5.74, 6) is 0.734. The number of aromatic nitrogens is 2. The minimum absolute atomic E-state index is 0.000506. The number of amides is 1. The van der Waals surface area contributed by atoms with Crippen LogP contribution in [0.4, 0.5) is 5.82 Å². The van der Waals surface area contributed by atoms with E-state index in [0.717, 1.165) is 61.5 Å². The van der Waals surface area contributed by atoms with E-state index in [1.165, 1.54) is 4.88 Å². The molecule has 7 heteroatoms. The lowest BCUT2D eigenvalue weighted by atomic mass is 10.3. The maximum atomic E-state index is 12.0. The molecule has 2 aromatic heterocycles. The number of aryl methyl sites for hydroxylation is 1. The number of carbonyl (C=O) groups excluding carboxylic acids is 1. The van der Waals surface area contributed by atoms with Crippen molar-refractivity contribution in [3.05, 3.63) is 17.3 Å². The summed E-state index contributed by atoms with van der Waals surface area (Å²) in [5, 5.41) is 7.10. The summed E-state index contributed by atoms with van der Waals surface area (Å²) in [6.45, 7) is 10.7. The van der Waals surface area contributed by atoms with Crippen LogP contribution in [0.1, 0.15) is 38.5 Å². The molecule has 0 radical (unpaired) electrons. The number of unbranched alkanes of at least 4 members (excludes halogenated alkanes) is 1. The summed E-state index contributed by atoms with van der Waals surface area (Å²) in [6.07, 6.45) is 4.64. The maximum Gasteiger partial charge on any atom is 0.239 e. The van der Waals surface area contributed by atoms with Gasteiger partial charge < -0.3 is 15.5 Å². The molecule has 2 rings (SSSR count). The first-order valence-corrected chi connectivity index (χ1v) is 9.95. The van der Waals surface area contributed by atoms with Gasteiger partial charge in [-0.25, -0.2) is 9.97 Å². The van der Waals surface area contributed by atoms with Crippen LogP contribution >= 0.6 is 11.3 Å². The summed E-state index contributed by atoms with van der Waals surface area (Å²) in [5.41, 5.74) is 0. The Hall–Kier alpha value is -1.73. The highest BCUT2D eigenvalue weighted by Gasteiger charge is 2.09. The molecule has 0 atom stereocenters. The third-order valence-corrected chi connectivity index (χ3v) is 5.45. The topological polar surface area (TPSA) is 70.2 Å². The van der Waals surface area contributed by atoms with E-state index in [9.17, 15) is 4.79 Å². The van der Waals surface area contributed by atoms with Crippen LogP contribution in [0.25, 0.3) is 10.2 Å². The number of nitrogens with zero attached hydrogens (tertiary/aromatic N) is 3. The van der Waals surface area contributed by atoms with Crippen molar-refractivity contribution in [1.29, 1.82) is 0 Å². The van der Waals surface area contributed by atoms with Gasteiger partial charge in [0.05, 0.1) is 11.9 Å². The predicted octanol–water partition coefficient (Wildman–Crippen LogP) is 2.90. The van der Waals surface area contributed by atoms with Crippen LogP contribution < -0.4 is 10.6 Å². The molecule has 0 aliphatic heterocycles. The average Bonchev–Trinajstić information content (AvgIpc) is 3.07. The number of nitrogens with one attached hydrogen (secondary N) is 2. The monoisotopic (exact) mass is 363 g/mol. The standard InChI is InChI=1S/C18H29N5OS/c1-4-14-11-15-17(21-13-22-18(15)25-14)20-12-16(24)19-9-7-8-10-23(5-2)6-3/h11,13H,4-10,12H2,1-3H3,(H,19,24)(H,20,21,22). The fourth-order valence-electron chi connectivity index (χ4n) is 2.68. The van der Waals surface area contributed by atoms with E-state index in [4.69, 9.17) is 0 Å². The smallest absolute Gasteiger partial charge is 0.239 e. The summed E-state index contributed by atoms with van der Waals surface area (Å²) >= 11 is 1.68. The van der Waals surface area contributed by atoms with Gasteiger partial charge in [-0.3, -0.25) is 4.79 Å². The zero-order valence-corrected chi connectivity index (χ0v) is 16.3. The maximum absolute atomic E-state index is 12.0. The molecule has 0 saturated heterocycles. The van der Waals surface area contributed by atoms with Crippen molar-refractivity contribution in [2.24, 2.45) is 0 Å². The fourth-order valence-corrected chi connectivity index (χ4v) is 3.61. The van der Waals surface area contributed by atoms with E-state index < -0.39 is 0 Å². The Morgan fingerprint density at radius 3 is 2.72 bits per heavy atom. The Morgan fingerprint density at radius 1 is 1.20 bits per heavy atom. The van der Waals surface area contributed by atoms with Gasteiger partial charge in [0, 0.05) is 11.4 Å². The first-order valence-electron chi connectivity index (χ1n) is 9.14. The van der Waals surface area contributed by atoms with Gasteiger partial charge >= 0.3 is 0 Å². The highest BCUT2D eigenvalue weighted by Crippen LogP contribution is 2.28. The van der Waals surface area contributed by atoms with E-state index >= 15 is 0 Å². The first-order chi connectivity index (χ1) is 12.2. The second-order valence-corrected chi connectivity index (χ2v) is 7.06. The lowest BCUT2D eigenvalue weighted by Gasteiger charge is -2.17. The summed E-state index contributed by atoms with van der Waals surface area (Å²) < 4.78 is 0. The Bertz CT molecular complexity index is 669. The van der Waals surface area contributed by atoms with Crippen molar-refractivity contribution in [3.8, 4) is 0 Å². The largest absolute Gasteiger partial charge is 0.360 e. The zero-order valence-electron chi connectivity index (χ0n) is 15.5. The predicted molar refractivity (Wildman–Crippen MR) is 105 cm³/mol. The highest BCUT2D eigenvalue weighted by molar-refractivity contribution is 7.18. The lowest BCUT2D eigenvalue weighted by Crippen LogP contribution is -2.31. The molecule has 2 heterocycles. The summed E-state index contributed by atoms with van der Waals surface area (Å²) in [4.78, 5) is 25.2. The third kappa shape index (κ3) is 5.93. The van der Waals surface area contributed by atoms with Gasteiger partial charge in [-0.1, -0.05) is 20.8 Å². The van der Waals surface area contributed by atoms with Crippen LogP contribution in [0.2, 0.25) is 0 Å². The summed E-state index contributed by atoms with van der Waals surface area (Å²) in [6, 6.07) is 2.10. The number of thiophene rings is 1. The molecule has 25 heavy (non-hydrogen) atoms. The summed E-state index contributed by atoms with van der Waals surface area (Å²) in [7, 11) is 0. The number of fused-ring (bicyclic) bond motifs is 1. The van der Waals surface area contributed by atoms with Crippen LogP contribution in [0.5, 0.6) is 0 Å². The molecule has 0 bridgehead atoms. The van der Waals surface area contributed by atoms with Crippen LogP contribution in [0.15, 0.2) is 12.4 Å². The van der Waals surface area contributed by atoms with Crippen LogP contribution in [0.3, 0.4) is 0 Å². The quantitative estimate of drug-likeness (QED) is 0.601. The van der Waals surface area contributed by atoms with E-state index in [0.29, 0.717) is 0 Å². The Labute approximate surface area is 154 Å². The van der Waals surface area contributed by atoms with Gasteiger partial charge in [0.2, 0.25) is 5.91 Å². The molecule has 0 saturated carbocycles. The number of carbonyl (C=O) groups is 1. The van der Waals surface area contributed by atoms with Crippen molar-refractivity contribution in [3.63, 3.8) is 0 Å². The van der Waals surface area contributed by atoms with E-state index in [1.807, 2.05) is 0 Å². The Kier molecular flexibility index (Phi) is 8.08. The van der Waals surface area contributed by atoms with Crippen molar-refractivity contribution in [2.45, 2.75) is 40.0 Å². The van der Waals surface area contributed by atoms with Crippen molar-refractivity contribution < 1.29 is 4.79 Å². The normalized spacial score (nSPS) is 11.2. The van der Waals surface area contributed by atoms with Gasteiger partial charge in [-0.2, -0.15) is 0 Å². The molecule has 0 spiro atoms. The average molecular weight is 364 g/mol. The first kappa shape index (κ1) is 19.6. The highest BCUT2D eigenvalue weighted by atomic mass is 32.1. The van der Waals surface area contributed by atoms with Gasteiger partial charge in [-0.05, 0) is 45.0 Å². The van der Waals surface area contributed by atoms with Crippen LogP contribution in [0, 0.1) is 0 Å². The number of rotatable bonds is 11. The van der Waals surface area contributed by atoms with Gasteiger partial charge in [0.1, 0.15) is 17.0 Å². The lowest BCUT2D eigenvalue weighted by molar-refractivity contribution is -0.119.